The van der Waals surface area contributed by atoms with Gasteiger partial charge in [-0.3, -0.25) is 4.79 Å². The average molecular weight is 503 g/mol. The van der Waals surface area contributed by atoms with Crippen LogP contribution in [0.5, 0.6) is 0 Å². The van der Waals surface area contributed by atoms with Crippen LogP contribution in [0.15, 0.2) is 41.6 Å². The second-order valence-electron chi connectivity index (χ2n) is 10.1. The van der Waals surface area contributed by atoms with Crippen LogP contribution in [0.3, 0.4) is 0 Å². The number of carbonyl (C=O) groups excluding carboxylic acids is 1. The molecule has 0 bridgehead atoms. The zero-order chi connectivity index (χ0) is 25.2. The lowest BCUT2D eigenvalue weighted by molar-refractivity contribution is -0.120. The predicted octanol–water partition coefficient (Wildman–Crippen LogP) is 2.45. The van der Waals surface area contributed by atoms with Crippen molar-refractivity contribution in [1.29, 1.82) is 0 Å². The number of nitrogens with one attached hydrogen (secondary N) is 1. The lowest BCUT2D eigenvalue weighted by Crippen LogP contribution is -2.27. The van der Waals surface area contributed by atoms with Gasteiger partial charge in [-0.15, -0.1) is 0 Å². The number of ether oxygens (including phenoxy) is 1. The molecule has 0 radical (unpaired) electrons. The van der Waals surface area contributed by atoms with Crippen LogP contribution in [-0.2, 0) is 37.9 Å². The molecular weight excluding hydrogens is 468 g/mol. The maximum absolute atomic E-state index is 13.3. The zero-order valence-electron chi connectivity index (χ0n) is 20.5. The maximum Gasteiger partial charge on any atom is 0.267 e. The van der Waals surface area contributed by atoms with E-state index in [9.17, 15) is 13.2 Å². The second-order valence-corrected chi connectivity index (χ2v) is 12.0. The van der Waals surface area contributed by atoms with Gasteiger partial charge in [0.1, 0.15) is 5.82 Å². The first-order valence-electron chi connectivity index (χ1n) is 12.0. The number of hydrogen-bond donors (Lipinski definition) is 2. The van der Waals surface area contributed by atoms with E-state index in [2.05, 4.69) is 30.7 Å². The van der Waals surface area contributed by atoms with Crippen LogP contribution in [0.4, 0.5) is 0 Å². The molecule has 0 unspecified atom stereocenters. The Bertz CT molecular complexity index is 1300. The van der Waals surface area contributed by atoms with E-state index in [0.29, 0.717) is 17.0 Å². The summed E-state index contributed by atoms with van der Waals surface area (Å²) in [5, 5.41) is 11.4. The van der Waals surface area contributed by atoms with E-state index in [4.69, 9.17) is 14.8 Å². The van der Waals surface area contributed by atoms with Crippen LogP contribution in [0, 0.1) is 5.92 Å². The van der Waals surface area contributed by atoms with Crippen molar-refractivity contribution in [3.8, 4) is 0 Å². The number of nitrogens with zero attached hydrogens (tertiary/aromatic N) is 3. The minimum atomic E-state index is -3.85. The fraction of sp³-hybridized carbons (Fsp3) is 0.520. The Morgan fingerprint density at radius 1 is 1.23 bits per heavy atom. The van der Waals surface area contributed by atoms with Gasteiger partial charge in [-0.2, -0.15) is 0 Å². The SMILES string of the molecule is CC(C)(C)c1nc2cc(S(=O)(=O)n3ccc(CC(=O)NCCO)c3)ccc2n1CC1CCOCC1. The van der Waals surface area contributed by atoms with E-state index in [-0.39, 0.29) is 35.8 Å². The van der Waals surface area contributed by atoms with Crippen molar-refractivity contribution in [3.05, 3.63) is 48.0 Å². The van der Waals surface area contributed by atoms with Gasteiger partial charge >= 0.3 is 0 Å². The normalized spacial score (nSPS) is 15.5. The van der Waals surface area contributed by atoms with Gasteiger partial charge in [-0.1, -0.05) is 20.8 Å². The molecule has 0 aliphatic carbocycles. The Labute approximate surface area is 206 Å². The molecule has 190 valence electrons. The van der Waals surface area contributed by atoms with Gasteiger partial charge in [0.25, 0.3) is 10.0 Å². The zero-order valence-corrected chi connectivity index (χ0v) is 21.3. The smallest absolute Gasteiger partial charge is 0.267 e. The summed E-state index contributed by atoms with van der Waals surface area (Å²) in [4.78, 5) is 16.9. The maximum atomic E-state index is 13.3. The number of carbonyl (C=O) groups is 1. The summed E-state index contributed by atoms with van der Waals surface area (Å²) >= 11 is 0. The summed E-state index contributed by atoms with van der Waals surface area (Å²) in [7, 11) is -3.85. The molecule has 3 heterocycles. The standard InChI is InChI=1S/C25H34N4O5S/c1-25(2,3)24-27-21-15-20(4-5-22(21)29(24)17-18-7-12-34-13-8-18)35(32,33)28-10-6-19(16-28)14-23(31)26-9-11-30/h4-6,10,15-16,18,30H,7-9,11-14,17H2,1-3H3,(H,26,31). The van der Waals surface area contributed by atoms with Crippen LogP contribution >= 0.6 is 0 Å². The van der Waals surface area contributed by atoms with Gasteiger partial charge in [0.15, 0.2) is 0 Å². The van der Waals surface area contributed by atoms with Crippen LogP contribution in [0.25, 0.3) is 11.0 Å². The number of aliphatic hydroxyl groups is 1. The van der Waals surface area contributed by atoms with Crippen molar-refractivity contribution in [3.63, 3.8) is 0 Å². The first kappa shape index (κ1) is 25.4. The monoisotopic (exact) mass is 502 g/mol. The van der Waals surface area contributed by atoms with Gasteiger partial charge in [0.2, 0.25) is 5.91 Å². The fourth-order valence-corrected chi connectivity index (χ4v) is 5.69. The number of amides is 1. The number of imidazole rings is 1. The molecular formula is C25H34N4O5S. The third kappa shape index (κ3) is 5.60. The van der Waals surface area contributed by atoms with Gasteiger partial charge in [-0.25, -0.2) is 17.4 Å². The van der Waals surface area contributed by atoms with Crippen molar-refractivity contribution in [2.45, 2.75) is 56.9 Å². The van der Waals surface area contributed by atoms with E-state index in [1.807, 2.05) is 6.07 Å². The third-order valence-electron chi connectivity index (χ3n) is 6.27. The first-order valence-corrected chi connectivity index (χ1v) is 13.4. The molecule has 1 aliphatic heterocycles. The molecule has 1 aliphatic rings. The van der Waals surface area contributed by atoms with Crippen molar-refractivity contribution >= 4 is 27.0 Å². The molecule has 0 spiro atoms. The number of aromatic nitrogens is 3. The number of rotatable bonds is 8. The fourth-order valence-electron chi connectivity index (χ4n) is 4.45. The van der Waals surface area contributed by atoms with Crippen molar-refractivity contribution < 1.29 is 23.1 Å². The van der Waals surface area contributed by atoms with Crippen LogP contribution in [-0.4, -0.2) is 59.3 Å². The van der Waals surface area contributed by atoms with E-state index in [0.717, 1.165) is 47.9 Å². The Morgan fingerprint density at radius 2 is 1.97 bits per heavy atom. The van der Waals surface area contributed by atoms with E-state index < -0.39 is 10.0 Å². The first-order chi connectivity index (χ1) is 16.6. The summed E-state index contributed by atoms with van der Waals surface area (Å²) in [6, 6.07) is 6.71. The highest BCUT2D eigenvalue weighted by molar-refractivity contribution is 7.90. The summed E-state index contributed by atoms with van der Waals surface area (Å²) in [5.41, 5.74) is 1.95. The summed E-state index contributed by atoms with van der Waals surface area (Å²) in [6.45, 7) is 8.73. The van der Waals surface area contributed by atoms with Crippen molar-refractivity contribution in [1.82, 2.24) is 18.8 Å². The van der Waals surface area contributed by atoms with Gasteiger partial charge in [0.05, 0.1) is 29.0 Å². The molecule has 1 saturated heterocycles. The van der Waals surface area contributed by atoms with Gasteiger partial charge < -0.3 is 19.7 Å². The molecule has 1 amide bonds. The Morgan fingerprint density at radius 3 is 2.66 bits per heavy atom. The second kappa shape index (κ2) is 10.1. The molecule has 0 saturated carbocycles. The molecule has 9 nitrogen and oxygen atoms in total. The van der Waals surface area contributed by atoms with Crippen molar-refractivity contribution in [2.75, 3.05) is 26.4 Å². The summed E-state index contributed by atoms with van der Waals surface area (Å²) in [5.74, 6) is 1.16. The van der Waals surface area contributed by atoms with E-state index in [1.165, 1.54) is 12.4 Å². The molecule has 1 fully saturated rings. The Hall–Kier alpha value is -2.69. The topological polar surface area (TPSA) is 115 Å². The van der Waals surface area contributed by atoms with Gasteiger partial charge in [0, 0.05) is 44.1 Å². The largest absolute Gasteiger partial charge is 0.395 e. The molecule has 1 aromatic carbocycles. The van der Waals surface area contributed by atoms with E-state index >= 15 is 0 Å². The predicted molar refractivity (Wildman–Crippen MR) is 133 cm³/mol. The molecule has 4 rings (SSSR count). The lowest BCUT2D eigenvalue weighted by Gasteiger charge is -2.26. The third-order valence-corrected chi connectivity index (χ3v) is 7.91. The van der Waals surface area contributed by atoms with E-state index in [1.54, 1.807) is 18.2 Å². The molecule has 2 N–H and O–H groups in total. The number of benzene rings is 1. The summed E-state index contributed by atoms with van der Waals surface area (Å²) < 4.78 is 35.6. The summed E-state index contributed by atoms with van der Waals surface area (Å²) in [6.07, 6.45) is 4.93. The number of aliphatic hydroxyl groups excluding tert-OH is 1. The highest BCUT2D eigenvalue weighted by Gasteiger charge is 2.27. The Kier molecular flexibility index (Phi) is 7.35. The minimum absolute atomic E-state index is 0.0348. The molecule has 3 aromatic rings. The van der Waals surface area contributed by atoms with Crippen LogP contribution in [0.2, 0.25) is 0 Å². The highest BCUT2D eigenvalue weighted by atomic mass is 32.2. The molecule has 0 atom stereocenters. The van der Waals surface area contributed by atoms with Crippen LogP contribution in [0.1, 0.15) is 45.0 Å². The highest BCUT2D eigenvalue weighted by Crippen LogP contribution is 2.30. The Balaban J connectivity index is 1.64. The molecule has 2 aromatic heterocycles. The average Bonchev–Trinajstić information content (AvgIpc) is 3.43. The van der Waals surface area contributed by atoms with Crippen molar-refractivity contribution in [2.24, 2.45) is 5.92 Å². The quantitative estimate of drug-likeness (QED) is 0.489. The lowest BCUT2D eigenvalue weighted by atomic mass is 9.94. The van der Waals surface area contributed by atoms with Crippen LogP contribution < -0.4 is 5.32 Å². The minimum Gasteiger partial charge on any atom is -0.395 e. The number of fused-ring (bicyclic) bond motifs is 1. The molecule has 35 heavy (non-hydrogen) atoms. The number of hydrogen-bond acceptors (Lipinski definition) is 6. The van der Waals surface area contributed by atoms with Gasteiger partial charge in [-0.05, 0) is 48.6 Å². The molecule has 10 heteroatoms.